The number of ether oxygens (including phenoxy) is 1. The molecule has 0 spiro atoms. The summed E-state index contributed by atoms with van der Waals surface area (Å²) in [5, 5.41) is 9.35. The van der Waals surface area contributed by atoms with Gasteiger partial charge in [-0.25, -0.2) is 0 Å². The molecule has 0 amide bonds. The van der Waals surface area contributed by atoms with Crippen molar-refractivity contribution in [1.29, 1.82) is 5.26 Å². The van der Waals surface area contributed by atoms with Crippen LogP contribution in [-0.4, -0.2) is 12.4 Å². The van der Waals surface area contributed by atoms with Gasteiger partial charge in [0.05, 0.1) is 12.7 Å². The summed E-state index contributed by atoms with van der Waals surface area (Å²) in [5.74, 6) is 0.308. The number of rotatable bonds is 5. The van der Waals surface area contributed by atoms with Gasteiger partial charge in [-0.15, -0.1) is 0 Å². The van der Waals surface area contributed by atoms with Gasteiger partial charge >= 0.3 is 0 Å². The lowest BCUT2D eigenvalue weighted by Crippen LogP contribution is -2.23. The molecular weight excluding hydrogens is 250 g/mol. The zero-order valence-corrected chi connectivity index (χ0v) is 12.0. The number of hydrogen-bond acceptors (Lipinski definition) is 3. The molecule has 0 N–H and O–H groups in total. The maximum Gasteiger partial charge on any atom is 0.157 e. The van der Waals surface area contributed by atoms with Gasteiger partial charge in [-0.05, 0) is 37.5 Å². The molecule has 0 radical (unpaired) electrons. The van der Waals surface area contributed by atoms with E-state index in [-0.39, 0.29) is 11.7 Å². The highest BCUT2D eigenvalue weighted by Gasteiger charge is 2.29. The van der Waals surface area contributed by atoms with E-state index in [1.54, 1.807) is 0 Å². The molecule has 3 heteroatoms. The van der Waals surface area contributed by atoms with Crippen molar-refractivity contribution in [3.63, 3.8) is 0 Å². The Kier molecular flexibility index (Phi) is 5.17. The van der Waals surface area contributed by atoms with Crippen molar-refractivity contribution in [3.8, 4) is 11.8 Å². The van der Waals surface area contributed by atoms with Crippen molar-refractivity contribution in [3.05, 3.63) is 29.8 Å². The zero-order valence-electron chi connectivity index (χ0n) is 12.0. The van der Waals surface area contributed by atoms with E-state index in [1.165, 1.54) is 6.42 Å². The van der Waals surface area contributed by atoms with Crippen molar-refractivity contribution >= 4 is 5.78 Å². The Morgan fingerprint density at radius 2 is 1.95 bits per heavy atom. The number of carbonyl (C=O) groups is 1. The third kappa shape index (κ3) is 3.39. The second kappa shape index (κ2) is 7.09. The summed E-state index contributed by atoms with van der Waals surface area (Å²) in [6.45, 7) is 2.54. The van der Waals surface area contributed by atoms with Crippen LogP contribution in [0.15, 0.2) is 24.3 Å². The summed E-state index contributed by atoms with van der Waals surface area (Å²) in [5.41, 5.74) is 0.784. The molecule has 20 heavy (non-hydrogen) atoms. The fraction of sp³-hybridized carbons (Fsp3) is 0.529. The standard InChI is InChI=1S/C17H21NO2/c1-2-20-15-10-8-13(9-11-15)16(12-18)17(19)14-6-4-3-5-7-14/h8-11,14,16H,2-7H2,1H3. The minimum Gasteiger partial charge on any atom is -0.494 e. The third-order valence-electron chi connectivity index (χ3n) is 3.95. The average molecular weight is 271 g/mol. The Hall–Kier alpha value is -1.82. The molecule has 0 heterocycles. The Morgan fingerprint density at radius 3 is 2.50 bits per heavy atom. The van der Waals surface area contributed by atoms with E-state index in [2.05, 4.69) is 6.07 Å². The Balaban J connectivity index is 2.10. The van der Waals surface area contributed by atoms with Crippen molar-refractivity contribution in [2.45, 2.75) is 44.9 Å². The summed E-state index contributed by atoms with van der Waals surface area (Å²) >= 11 is 0. The van der Waals surface area contributed by atoms with Crippen LogP contribution in [-0.2, 0) is 4.79 Å². The number of carbonyl (C=O) groups excluding carboxylic acids is 1. The normalized spacial score (nSPS) is 17.2. The van der Waals surface area contributed by atoms with Crippen LogP contribution in [0.1, 0.15) is 50.5 Å². The molecule has 1 aromatic rings. The number of Topliss-reactive ketones (excluding diaryl/α,β-unsaturated/α-hetero) is 1. The molecule has 0 bridgehead atoms. The molecule has 0 aliphatic heterocycles. The Bertz CT molecular complexity index is 481. The van der Waals surface area contributed by atoms with E-state index in [0.29, 0.717) is 6.61 Å². The number of nitriles is 1. The summed E-state index contributed by atoms with van der Waals surface area (Å²) in [7, 11) is 0. The van der Waals surface area contributed by atoms with Gasteiger partial charge in [-0.3, -0.25) is 4.79 Å². The smallest absolute Gasteiger partial charge is 0.157 e. The molecule has 106 valence electrons. The molecule has 1 atom stereocenters. The van der Waals surface area contributed by atoms with E-state index in [4.69, 9.17) is 4.74 Å². The molecule has 3 nitrogen and oxygen atoms in total. The van der Waals surface area contributed by atoms with E-state index in [9.17, 15) is 10.1 Å². The molecule has 1 unspecified atom stereocenters. The van der Waals surface area contributed by atoms with Crippen LogP contribution >= 0.6 is 0 Å². The molecule has 1 saturated carbocycles. The fourth-order valence-electron chi connectivity index (χ4n) is 2.85. The molecular formula is C17H21NO2. The van der Waals surface area contributed by atoms with Gasteiger partial charge in [0, 0.05) is 5.92 Å². The molecule has 1 aliphatic carbocycles. The van der Waals surface area contributed by atoms with Gasteiger partial charge in [0.15, 0.2) is 5.78 Å². The molecule has 1 aliphatic rings. The van der Waals surface area contributed by atoms with Gasteiger partial charge in [0.1, 0.15) is 11.7 Å². The first kappa shape index (κ1) is 14.6. The second-order valence-electron chi connectivity index (χ2n) is 5.30. The maximum atomic E-state index is 12.5. The summed E-state index contributed by atoms with van der Waals surface area (Å²) in [6.07, 6.45) is 5.31. The second-order valence-corrected chi connectivity index (χ2v) is 5.30. The molecule has 0 aromatic heterocycles. The fourth-order valence-corrected chi connectivity index (χ4v) is 2.85. The Labute approximate surface area is 120 Å². The highest BCUT2D eigenvalue weighted by atomic mass is 16.5. The average Bonchev–Trinajstić information content (AvgIpc) is 2.51. The molecule has 2 rings (SSSR count). The molecule has 1 aromatic carbocycles. The minimum atomic E-state index is -0.631. The minimum absolute atomic E-state index is 0.0694. The lowest BCUT2D eigenvalue weighted by Gasteiger charge is -2.22. The Morgan fingerprint density at radius 1 is 1.30 bits per heavy atom. The summed E-state index contributed by atoms with van der Waals surface area (Å²) < 4.78 is 5.38. The third-order valence-corrected chi connectivity index (χ3v) is 3.95. The number of hydrogen-bond donors (Lipinski definition) is 0. The topological polar surface area (TPSA) is 50.1 Å². The zero-order chi connectivity index (χ0) is 14.4. The predicted molar refractivity (Wildman–Crippen MR) is 77.5 cm³/mol. The lowest BCUT2D eigenvalue weighted by atomic mass is 9.80. The van der Waals surface area contributed by atoms with Gasteiger partial charge in [-0.2, -0.15) is 5.26 Å². The van der Waals surface area contributed by atoms with E-state index in [0.717, 1.165) is 37.0 Å². The van der Waals surface area contributed by atoms with Gasteiger partial charge in [0.25, 0.3) is 0 Å². The van der Waals surface area contributed by atoms with E-state index >= 15 is 0 Å². The highest BCUT2D eigenvalue weighted by Crippen LogP contribution is 2.30. The largest absolute Gasteiger partial charge is 0.494 e. The highest BCUT2D eigenvalue weighted by molar-refractivity contribution is 5.90. The quantitative estimate of drug-likeness (QED) is 0.817. The van der Waals surface area contributed by atoms with Gasteiger partial charge in [-0.1, -0.05) is 31.4 Å². The monoisotopic (exact) mass is 271 g/mol. The molecule has 0 saturated heterocycles. The number of nitrogens with zero attached hydrogens (tertiary/aromatic N) is 1. The van der Waals surface area contributed by atoms with Crippen molar-refractivity contribution in [2.75, 3.05) is 6.61 Å². The first-order chi connectivity index (χ1) is 9.76. The molecule has 1 fully saturated rings. The van der Waals surface area contributed by atoms with E-state index in [1.807, 2.05) is 31.2 Å². The first-order valence-corrected chi connectivity index (χ1v) is 7.42. The van der Waals surface area contributed by atoms with Crippen molar-refractivity contribution in [1.82, 2.24) is 0 Å². The first-order valence-electron chi connectivity index (χ1n) is 7.42. The van der Waals surface area contributed by atoms with Crippen LogP contribution in [0, 0.1) is 17.2 Å². The van der Waals surface area contributed by atoms with Crippen LogP contribution in [0.4, 0.5) is 0 Å². The van der Waals surface area contributed by atoms with Crippen molar-refractivity contribution < 1.29 is 9.53 Å². The van der Waals surface area contributed by atoms with Gasteiger partial charge < -0.3 is 4.74 Å². The van der Waals surface area contributed by atoms with Crippen LogP contribution in [0.2, 0.25) is 0 Å². The number of benzene rings is 1. The maximum absolute atomic E-state index is 12.5. The van der Waals surface area contributed by atoms with Crippen molar-refractivity contribution in [2.24, 2.45) is 5.92 Å². The SMILES string of the molecule is CCOc1ccc(C(C#N)C(=O)C2CCCCC2)cc1. The number of ketones is 1. The van der Waals surface area contributed by atoms with Gasteiger partial charge in [0.2, 0.25) is 0 Å². The predicted octanol–water partition coefficient (Wildman–Crippen LogP) is 3.84. The summed E-state index contributed by atoms with van der Waals surface area (Å²) in [4.78, 5) is 12.5. The van der Waals surface area contributed by atoms with E-state index < -0.39 is 5.92 Å². The van der Waals surface area contributed by atoms with Crippen LogP contribution in [0.25, 0.3) is 0 Å². The van der Waals surface area contributed by atoms with Crippen LogP contribution in [0.3, 0.4) is 0 Å². The van der Waals surface area contributed by atoms with Crippen LogP contribution < -0.4 is 4.74 Å². The summed E-state index contributed by atoms with van der Waals surface area (Å²) in [6, 6.07) is 9.50. The van der Waals surface area contributed by atoms with Crippen LogP contribution in [0.5, 0.6) is 5.75 Å². The lowest BCUT2D eigenvalue weighted by molar-refractivity contribution is -0.124.